The fourth-order valence-corrected chi connectivity index (χ4v) is 3.20. The van der Waals surface area contributed by atoms with Gasteiger partial charge < -0.3 is 5.73 Å². The SMILES string of the molecule is CCCc1ccc(-c2cc(-c3ccc(Cl)c([N+](=O)[O-])c3)c(C#N)c(N)n2)cc1. The maximum absolute atomic E-state index is 11.2. The van der Waals surface area contributed by atoms with Crippen molar-refractivity contribution in [2.24, 2.45) is 0 Å². The highest BCUT2D eigenvalue weighted by atomic mass is 35.5. The van der Waals surface area contributed by atoms with Crippen LogP contribution in [0.15, 0.2) is 48.5 Å². The number of nitrogen functional groups attached to an aromatic ring is 1. The first-order chi connectivity index (χ1) is 13.4. The lowest BCUT2D eigenvalue weighted by atomic mass is 9.97. The van der Waals surface area contributed by atoms with Crippen molar-refractivity contribution in [3.8, 4) is 28.5 Å². The number of benzene rings is 2. The molecular formula is C21H17ClN4O2. The van der Waals surface area contributed by atoms with Crippen LogP contribution in [0.2, 0.25) is 5.02 Å². The van der Waals surface area contributed by atoms with Gasteiger partial charge in [-0.1, -0.05) is 55.3 Å². The maximum Gasteiger partial charge on any atom is 0.288 e. The molecule has 0 aliphatic heterocycles. The highest BCUT2D eigenvalue weighted by molar-refractivity contribution is 6.32. The number of halogens is 1. The molecular weight excluding hydrogens is 376 g/mol. The third-order valence-corrected chi connectivity index (χ3v) is 4.72. The zero-order valence-corrected chi connectivity index (χ0v) is 15.9. The second-order valence-electron chi connectivity index (χ2n) is 6.30. The van der Waals surface area contributed by atoms with E-state index in [-0.39, 0.29) is 22.1 Å². The summed E-state index contributed by atoms with van der Waals surface area (Å²) in [6.07, 6.45) is 2.05. The molecule has 0 aliphatic carbocycles. The van der Waals surface area contributed by atoms with Crippen LogP contribution in [-0.2, 0) is 6.42 Å². The molecule has 2 N–H and O–H groups in total. The van der Waals surface area contributed by atoms with Gasteiger partial charge in [0.2, 0.25) is 0 Å². The molecule has 140 valence electrons. The van der Waals surface area contributed by atoms with E-state index in [9.17, 15) is 15.4 Å². The van der Waals surface area contributed by atoms with Crippen molar-refractivity contribution in [1.29, 1.82) is 5.26 Å². The van der Waals surface area contributed by atoms with Gasteiger partial charge in [-0.15, -0.1) is 0 Å². The number of nitro groups is 1. The summed E-state index contributed by atoms with van der Waals surface area (Å²) in [6, 6.07) is 16.1. The molecule has 0 amide bonds. The van der Waals surface area contributed by atoms with Gasteiger partial charge in [-0.3, -0.25) is 10.1 Å². The fourth-order valence-electron chi connectivity index (χ4n) is 3.01. The molecule has 3 rings (SSSR count). The van der Waals surface area contributed by atoms with Crippen molar-refractivity contribution < 1.29 is 4.92 Å². The molecule has 3 aromatic rings. The van der Waals surface area contributed by atoms with Crippen LogP contribution in [0.1, 0.15) is 24.5 Å². The van der Waals surface area contributed by atoms with Crippen molar-refractivity contribution >= 4 is 23.1 Å². The molecule has 0 saturated carbocycles. The number of pyridine rings is 1. The second-order valence-corrected chi connectivity index (χ2v) is 6.70. The van der Waals surface area contributed by atoms with Crippen LogP contribution in [0.5, 0.6) is 0 Å². The molecule has 0 spiro atoms. The van der Waals surface area contributed by atoms with Gasteiger partial charge in [0.25, 0.3) is 5.69 Å². The maximum atomic E-state index is 11.2. The Morgan fingerprint density at radius 2 is 1.86 bits per heavy atom. The molecule has 0 bridgehead atoms. The van der Waals surface area contributed by atoms with E-state index in [1.54, 1.807) is 12.1 Å². The monoisotopic (exact) mass is 392 g/mol. The average molecular weight is 393 g/mol. The molecule has 1 aromatic heterocycles. The number of nitriles is 1. The van der Waals surface area contributed by atoms with E-state index in [2.05, 4.69) is 11.9 Å². The number of aromatic nitrogens is 1. The minimum atomic E-state index is -0.560. The molecule has 0 unspecified atom stereocenters. The van der Waals surface area contributed by atoms with E-state index in [0.717, 1.165) is 18.4 Å². The quantitative estimate of drug-likeness (QED) is 0.463. The van der Waals surface area contributed by atoms with E-state index in [4.69, 9.17) is 17.3 Å². The Labute approximate surface area is 167 Å². The van der Waals surface area contributed by atoms with Gasteiger partial charge in [-0.25, -0.2) is 4.98 Å². The van der Waals surface area contributed by atoms with Crippen LogP contribution in [0.4, 0.5) is 11.5 Å². The second kappa shape index (κ2) is 8.07. The molecule has 28 heavy (non-hydrogen) atoms. The zero-order valence-electron chi connectivity index (χ0n) is 15.1. The minimum absolute atomic E-state index is 0.0287. The van der Waals surface area contributed by atoms with E-state index >= 15 is 0 Å². The number of nitrogens with two attached hydrogens (primary N) is 1. The van der Waals surface area contributed by atoms with E-state index < -0.39 is 4.92 Å². The van der Waals surface area contributed by atoms with Crippen LogP contribution in [0.3, 0.4) is 0 Å². The highest BCUT2D eigenvalue weighted by Gasteiger charge is 2.18. The van der Waals surface area contributed by atoms with Gasteiger partial charge in [0.05, 0.1) is 10.6 Å². The molecule has 0 saturated heterocycles. The molecule has 1 heterocycles. The predicted octanol–water partition coefficient (Wildman–Crippen LogP) is 5.38. The summed E-state index contributed by atoms with van der Waals surface area (Å²) in [6.45, 7) is 2.12. The fraction of sp³-hybridized carbons (Fsp3) is 0.143. The summed E-state index contributed by atoms with van der Waals surface area (Å²) in [4.78, 5) is 15.0. The smallest absolute Gasteiger partial charge is 0.288 e. The van der Waals surface area contributed by atoms with Crippen LogP contribution in [0.25, 0.3) is 22.4 Å². The first kappa shape index (κ1) is 19.3. The number of rotatable bonds is 5. The van der Waals surface area contributed by atoms with Crippen LogP contribution in [0, 0.1) is 21.4 Å². The van der Waals surface area contributed by atoms with Crippen molar-refractivity contribution in [2.45, 2.75) is 19.8 Å². The molecule has 0 fully saturated rings. The van der Waals surface area contributed by atoms with E-state index in [0.29, 0.717) is 16.8 Å². The third-order valence-electron chi connectivity index (χ3n) is 4.40. The summed E-state index contributed by atoms with van der Waals surface area (Å²) in [5.74, 6) is 0.0743. The number of hydrogen-bond acceptors (Lipinski definition) is 5. The summed E-state index contributed by atoms with van der Waals surface area (Å²) in [5, 5.41) is 20.8. The Morgan fingerprint density at radius 1 is 1.18 bits per heavy atom. The van der Waals surface area contributed by atoms with Crippen molar-refractivity contribution in [2.75, 3.05) is 5.73 Å². The number of anilines is 1. The van der Waals surface area contributed by atoms with E-state index in [1.807, 2.05) is 30.3 Å². The van der Waals surface area contributed by atoms with Crippen LogP contribution >= 0.6 is 11.6 Å². The summed E-state index contributed by atoms with van der Waals surface area (Å²) in [5.41, 5.74) is 9.57. The van der Waals surface area contributed by atoms with Gasteiger partial charge in [-0.2, -0.15) is 5.26 Å². The number of nitrogens with zero attached hydrogens (tertiary/aromatic N) is 3. The zero-order chi connectivity index (χ0) is 20.3. The first-order valence-corrected chi connectivity index (χ1v) is 9.06. The van der Waals surface area contributed by atoms with Gasteiger partial charge >= 0.3 is 0 Å². The molecule has 6 nitrogen and oxygen atoms in total. The highest BCUT2D eigenvalue weighted by Crippen LogP contribution is 2.35. The van der Waals surface area contributed by atoms with Gasteiger partial charge in [-0.05, 0) is 29.7 Å². The van der Waals surface area contributed by atoms with Crippen molar-refractivity contribution in [3.63, 3.8) is 0 Å². The Morgan fingerprint density at radius 3 is 2.46 bits per heavy atom. The number of nitro benzene ring substituents is 1. The van der Waals surface area contributed by atoms with Crippen molar-refractivity contribution in [1.82, 2.24) is 4.98 Å². The first-order valence-electron chi connectivity index (χ1n) is 8.68. The van der Waals surface area contributed by atoms with E-state index in [1.165, 1.54) is 17.7 Å². The molecule has 0 atom stereocenters. The summed E-state index contributed by atoms with van der Waals surface area (Å²) >= 11 is 5.91. The molecule has 0 aliphatic rings. The van der Waals surface area contributed by atoms with Gasteiger partial charge in [0, 0.05) is 17.2 Å². The number of aryl methyl sites for hydroxylation is 1. The average Bonchev–Trinajstić information content (AvgIpc) is 2.68. The lowest BCUT2D eigenvalue weighted by molar-refractivity contribution is -0.384. The van der Waals surface area contributed by atoms with Gasteiger partial charge in [0.1, 0.15) is 22.5 Å². The topological polar surface area (TPSA) is 106 Å². The predicted molar refractivity (Wildman–Crippen MR) is 110 cm³/mol. The molecule has 7 heteroatoms. The number of hydrogen-bond donors (Lipinski definition) is 1. The largest absolute Gasteiger partial charge is 0.383 e. The molecule has 2 aromatic carbocycles. The van der Waals surface area contributed by atoms with Crippen LogP contribution in [-0.4, -0.2) is 9.91 Å². The Kier molecular flexibility index (Phi) is 5.57. The minimum Gasteiger partial charge on any atom is -0.383 e. The van der Waals surface area contributed by atoms with Crippen molar-refractivity contribution in [3.05, 3.63) is 74.8 Å². The Bertz CT molecular complexity index is 1090. The lowest BCUT2D eigenvalue weighted by Crippen LogP contribution is -2.00. The summed E-state index contributed by atoms with van der Waals surface area (Å²) < 4.78 is 0. The Hall–Kier alpha value is -3.43. The third kappa shape index (κ3) is 3.80. The summed E-state index contributed by atoms with van der Waals surface area (Å²) in [7, 11) is 0. The standard InChI is InChI=1S/C21H17ClN4O2/c1-2-3-13-4-6-14(7-5-13)19-11-16(17(12-23)21(24)25-19)15-8-9-18(22)20(10-15)26(27)28/h4-11H,2-3H2,1H3,(H2,24,25). The molecule has 0 radical (unpaired) electrons. The lowest BCUT2D eigenvalue weighted by Gasteiger charge is -2.11. The Balaban J connectivity index is 2.15. The normalized spacial score (nSPS) is 10.5. The van der Waals surface area contributed by atoms with Gasteiger partial charge in [0.15, 0.2) is 0 Å². The van der Waals surface area contributed by atoms with Crippen LogP contribution < -0.4 is 5.73 Å².